The lowest BCUT2D eigenvalue weighted by atomic mass is 10.1. The third kappa shape index (κ3) is 3.32. The van der Waals surface area contributed by atoms with Crippen LogP contribution in [0.3, 0.4) is 0 Å². The van der Waals surface area contributed by atoms with Crippen molar-refractivity contribution >= 4 is 27.5 Å². The van der Waals surface area contributed by atoms with Gasteiger partial charge < -0.3 is 4.90 Å². The van der Waals surface area contributed by atoms with E-state index in [1.54, 1.807) is 11.0 Å². The van der Waals surface area contributed by atoms with E-state index in [0.717, 1.165) is 16.8 Å². The largest absolute Gasteiger partial charge is 0.308 e. The second-order valence-electron chi connectivity index (χ2n) is 4.96. The molecule has 0 fully saturated rings. The van der Waals surface area contributed by atoms with E-state index in [0.29, 0.717) is 11.0 Å². The average Bonchev–Trinajstić information content (AvgIpc) is 2.44. The SMILES string of the molecule is CCN(C(=O)c1cc(Br)ccc1F)c1ccc(C)cc1C. The van der Waals surface area contributed by atoms with Crippen molar-refractivity contribution in [1.82, 2.24) is 0 Å². The molecule has 0 atom stereocenters. The monoisotopic (exact) mass is 349 g/mol. The minimum absolute atomic E-state index is 0.0752. The Bertz CT molecular complexity index is 684. The van der Waals surface area contributed by atoms with Gasteiger partial charge in [0.25, 0.3) is 5.91 Å². The van der Waals surface area contributed by atoms with Crippen molar-refractivity contribution < 1.29 is 9.18 Å². The molecule has 4 heteroatoms. The third-order valence-electron chi connectivity index (χ3n) is 3.36. The fraction of sp³-hybridized carbons (Fsp3) is 0.235. The molecule has 0 aliphatic heterocycles. The van der Waals surface area contributed by atoms with Crippen LogP contribution in [0.1, 0.15) is 28.4 Å². The summed E-state index contributed by atoms with van der Waals surface area (Å²) >= 11 is 3.28. The number of halogens is 2. The first kappa shape index (κ1) is 15.7. The minimum atomic E-state index is -0.508. The first-order chi connectivity index (χ1) is 9.93. The number of anilines is 1. The summed E-state index contributed by atoms with van der Waals surface area (Å²) in [4.78, 5) is 14.2. The Balaban J connectivity index is 2.45. The normalized spacial score (nSPS) is 10.5. The van der Waals surface area contributed by atoms with Gasteiger partial charge in [0.1, 0.15) is 5.82 Å². The molecule has 0 saturated carbocycles. The Kier molecular flexibility index (Phi) is 4.78. The van der Waals surface area contributed by atoms with Crippen LogP contribution in [0.25, 0.3) is 0 Å². The smallest absolute Gasteiger partial charge is 0.261 e. The first-order valence-corrected chi connectivity index (χ1v) is 7.57. The number of aryl methyl sites for hydroxylation is 2. The molecule has 0 radical (unpaired) electrons. The Morgan fingerprint density at radius 3 is 2.52 bits per heavy atom. The Morgan fingerprint density at radius 1 is 1.19 bits per heavy atom. The van der Waals surface area contributed by atoms with Crippen molar-refractivity contribution in [2.75, 3.05) is 11.4 Å². The van der Waals surface area contributed by atoms with Crippen molar-refractivity contribution in [3.05, 3.63) is 63.4 Å². The molecule has 0 N–H and O–H groups in total. The molecule has 0 saturated heterocycles. The molecule has 2 aromatic rings. The number of hydrogen-bond acceptors (Lipinski definition) is 1. The van der Waals surface area contributed by atoms with Gasteiger partial charge in [0.15, 0.2) is 0 Å². The van der Waals surface area contributed by atoms with Crippen molar-refractivity contribution in [3.63, 3.8) is 0 Å². The Morgan fingerprint density at radius 2 is 1.90 bits per heavy atom. The van der Waals surface area contributed by atoms with Crippen LogP contribution in [0.2, 0.25) is 0 Å². The van der Waals surface area contributed by atoms with Crippen LogP contribution in [-0.2, 0) is 0 Å². The zero-order valence-electron chi connectivity index (χ0n) is 12.3. The summed E-state index contributed by atoms with van der Waals surface area (Å²) in [6.07, 6.45) is 0. The van der Waals surface area contributed by atoms with Crippen LogP contribution in [0.15, 0.2) is 40.9 Å². The number of carbonyl (C=O) groups excluding carboxylic acids is 1. The van der Waals surface area contributed by atoms with E-state index in [4.69, 9.17) is 0 Å². The fourth-order valence-electron chi connectivity index (χ4n) is 2.34. The summed E-state index contributed by atoms with van der Waals surface area (Å²) in [5.74, 6) is -0.838. The number of nitrogens with zero attached hydrogens (tertiary/aromatic N) is 1. The highest BCUT2D eigenvalue weighted by atomic mass is 79.9. The number of rotatable bonds is 3. The maximum atomic E-state index is 13.9. The molecule has 110 valence electrons. The van der Waals surface area contributed by atoms with Crippen molar-refractivity contribution in [2.24, 2.45) is 0 Å². The van der Waals surface area contributed by atoms with E-state index in [1.807, 2.05) is 39.0 Å². The lowest BCUT2D eigenvalue weighted by molar-refractivity contribution is 0.0984. The second-order valence-corrected chi connectivity index (χ2v) is 5.88. The highest BCUT2D eigenvalue weighted by Gasteiger charge is 2.21. The predicted octanol–water partition coefficient (Wildman–Crippen LogP) is 4.87. The van der Waals surface area contributed by atoms with Gasteiger partial charge in [-0.2, -0.15) is 0 Å². The summed E-state index contributed by atoms with van der Waals surface area (Å²) in [7, 11) is 0. The summed E-state index contributed by atoms with van der Waals surface area (Å²) in [6, 6.07) is 10.3. The second kappa shape index (κ2) is 6.39. The molecule has 0 aliphatic carbocycles. The maximum absolute atomic E-state index is 13.9. The van der Waals surface area contributed by atoms with E-state index in [9.17, 15) is 9.18 Å². The van der Waals surface area contributed by atoms with E-state index in [-0.39, 0.29) is 11.5 Å². The van der Waals surface area contributed by atoms with Crippen LogP contribution in [0.4, 0.5) is 10.1 Å². The molecule has 2 rings (SSSR count). The first-order valence-electron chi connectivity index (χ1n) is 6.78. The molecule has 2 nitrogen and oxygen atoms in total. The molecule has 1 amide bonds. The standard InChI is InChI=1S/C17H17BrFNO/c1-4-20(16-8-5-11(2)9-12(16)3)17(21)14-10-13(18)6-7-15(14)19/h5-10H,4H2,1-3H3. The molecule has 2 aromatic carbocycles. The summed E-state index contributed by atoms with van der Waals surface area (Å²) in [6.45, 7) is 6.32. The van der Waals surface area contributed by atoms with E-state index in [2.05, 4.69) is 15.9 Å². The maximum Gasteiger partial charge on any atom is 0.261 e. The summed E-state index contributed by atoms with van der Waals surface area (Å²) < 4.78 is 14.6. The van der Waals surface area contributed by atoms with Crippen LogP contribution in [-0.4, -0.2) is 12.5 Å². The molecule has 0 unspecified atom stereocenters. The molecular formula is C17H17BrFNO. The summed E-state index contributed by atoms with van der Waals surface area (Å²) in [5, 5.41) is 0. The van der Waals surface area contributed by atoms with Gasteiger partial charge in [0, 0.05) is 16.7 Å². The van der Waals surface area contributed by atoms with E-state index >= 15 is 0 Å². The lowest BCUT2D eigenvalue weighted by Gasteiger charge is -2.23. The molecular weight excluding hydrogens is 333 g/mol. The van der Waals surface area contributed by atoms with Gasteiger partial charge in [0.2, 0.25) is 0 Å². The Labute approximate surface area is 132 Å². The number of amides is 1. The highest BCUT2D eigenvalue weighted by molar-refractivity contribution is 9.10. The van der Waals surface area contributed by atoms with Gasteiger partial charge in [-0.15, -0.1) is 0 Å². The zero-order chi connectivity index (χ0) is 15.6. The quantitative estimate of drug-likeness (QED) is 0.773. The van der Waals surface area contributed by atoms with E-state index < -0.39 is 5.82 Å². The Hall–Kier alpha value is -1.68. The van der Waals surface area contributed by atoms with Gasteiger partial charge in [-0.1, -0.05) is 33.6 Å². The van der Waals surface area contributed by atoms with Gasteiger partial charge >= 0.3 is 0 Å². The fourth-order valence-corrected chi connectivity index (χ4v) is 2.70. The molecule has 0 heterocycles. The topological polar surface area (TPSA) is 20.3 Å². The van der Waals surface area contributed by atoms with Crippen LogP contribution in [0.5, 0.6) is 0 Å². The number of hydrogen-bond donors (Lipinski definition) is 0. The van der Waals surface area contributed by atoms with Gasteiger partial charge in [-0.3, -0.25) is 4.79 Å². The van der Waals surface area contributed by atoms with E-state index in [1.165, 1.54) is 12.1 Å². The zero-order valence-corrected chi connectivity index (χ0v) is 13.9. The average molecular weight is 350 g/mol. The number of benzene rings is 2. The van der Waals surface area contributed by atoms with Gasteiger partial charge in [-0.25, -0.2) is 4.39 Å². The van der Waals surface area contributed by atoms with Crippen LogP contribution >= 0.6 is 15.9 Å². The van der Waals surface area contributed by atoms with Gasteiger partial charge in [-0.05, 0) is 50.6 Å². The molecule has 0 bridgehead atoms. The van der Waals surface area contributed by atoms with Crippen molar-refractivity contribution in [2.45, 2.75) is 20.8 Å². The third-order valence-corrected chi connectivity index (χ3v) is 3.86. The lowest BCUT2D eigenvalue weighted by Crippen LogP contribution is -2.32. The number of carbonyl (C=O) groups is 1. The molecule has 0 aliphatic rings. The van der Waals surface area contributed by atoms with Crippen LogP contribution in [0, 0.1) is 19.7 Å². The highest BCUT2D eigenvalue weighted by Crippen LogP contribution is 2.25. The van der Waals surface area contributed by atoms with Crippen molar-refractivity contribution in [1.29, 1.82) is 0 Å². The molecule has 21 heavy (non-hydrogen) atoms. The molecule has 0 aromatic heterocycles. The predicted molar refractivity (Wildman–Crippen MR) is 87.4 cm³/mol. The molecule has 0 spiro atoms. The minimum Gasteiger partial charge on any atom is -0.308 e. The summed E-state index contributed by atoms with van der Waals surface area (Å²) in [5.41, 5.74) is 3.02. The van der Waals surface area contributed by atoms with Crippen LogP contribution < -0.4 is 4.90 Å². The van der Waals surface area contributed by atoms with Gasteiger partial charge in [0.05, 0.1) is 5.56 Å². The van der Waals surface area contributed by atoms with Crippen molar-refractivity contribution in [3.8, 4) is 0 Å².